The predicted molar refractivity (Wildman–Crippen MR) is 102 cm³/mol. The Hall–Kier alpha value is -3.52. The minimum absolute atomic E-state index is 0.0110. The fourth-order valence-electron chi connectivity index (χ4n) is 2.45. The lowest BCUT2D eigenvalue weighted by Gasteiger charge is -2.07. The molecule has 0 fully saturated rings. The molecule has 0 amide bonds. The van der Waals surface area contributed by atoms with Crippen LogP contribution < -0.4 is 4.74 Å². The van der Waals surface area contributed by atoms with Crippen LogP contribution in [0.25, 0.3) is 0 Å². The topological polar surface area (TPSA) is 104 Å². The number of nitro benzene ring substituents is 1. The second-order valence-corrected chi connectivity index (χ2v) is 7.86. The normalized spacial score (nSPS) is 11.0. The lowest BCUT2D eigenvalue weighted by Crippen LogP contribution is -2.16. The van der Waals surface area contributed by atoms with Gasteiger partial charge in [-0.3, -0.25) is 14.9 Å². The zero-order valence-electron chi connectivity index (χ0n) is 14.5. The summed E-state index contributed by atoms with van der Waals surface area (Å²) in [6.45, 7) is 0. The number of nitro groups is 1. The second-order valence-electron chi connectivity index (χ2n) is 5.87. The highest BCUT2D eigenvalue weighted by Crippen LogP contribution is 2.23. The van der Waals surface area contributed by atoms with Gasteiger partial charge in [0.05, 0.1) is 9.82 Å². The van der Waals surface area contributed by atoms with Gasteiger partial charge >= 0.3 is 0 Å². The van der Waals surface area contributed by atoms with Gasteiger partial charge in [0, 0.05) is 17.7 Å². The summed E-state index contributed by atoms with van der Waals surface area (Å²) in [5.74, 6) is -0.290. The van der Waals surface area contributed by atoms with Gasteiger partial charge in [0.25, 0.3) is 5.69 Å². The molecule has 0 atom stereocenters. The highest BCUT2D eigenvalue weighted by Gasteiger charge is 2.21. The van der Waals surface area contributed by atoms with Crippen molar-refractivity contribution in [2.75, 3.05) is 5.75 Å². The molecule has 0 bridgehead atoms. The SMILES string of the molecule is O=C(CS(=O)(=O)c1ccc(Oc2ccccc2)cc1)c1ccc([N+](=O)[O-])cc1. The molecule has 142 valence electrons. The molecule has 0 saturated carbocycles. The van der Waals surface area contributed by atoms with Crippen LogP contribution in [-0.2, 0) is 9.84 Å². The Balaban J connectivity index is 1.71. The van der Waals surface area contributed by atoms with Gasteiger partial charge in [-0.25, -0.2) is 8.42 Å². The maximum absolute atomic E-state index is 12.5. The van der Waals surface area contributed by atoms with Gasteiger partial charge < -0.3 is 4.74 Å². The molecule has 0 saturated heterocycles. The van der Waals surface area contributed by atoms with E-state index in [0.29, 0.717) is 11.5 Å². The fraction of sp³-hybridized carbons (Fsp3) is 0.0500. The Morgan fingerprint density at radius 1 is 0.857 bits per heavy atom. The molecule has 0 aliphatic heterocycles. The van der Waals surface area contributed by atoms with Crippen molar-refractivity contribution in [2.45, 2.75) is 4.90 Å². The van der Waals surface area contributed by atoms with Crippen LogP contribution >= 0.6 is 0 Å². The maximum atomic E-state index is 12.5. The molecule has 0 spiro atoms. The molecule has 28 heavy (non-hydrogen) atoms. The number of Topliss-reactive ketones (excluding diaryl/α,β-unsaturated/α-hetero) is 1. The monoisotopic (exact) mass is 397 g/mol. The summed E-state index contributed by atoms with van der Waals surface area (Å²) in [7, 11) is -3.86. The number of carbonyl (C=O) groups is 1. The first kappa shape index (κ1) is 19.2. The number of hydrogen-bond donors (Lipinski definition) is 0. The van der Waals surface area contributed by atoms with E-state index in [1.54, 1.807) is 12.1 Å². The van der Waals surface area contributed by atoms with E-state index in [0.717, 1.165) is 12.1 Å². The first-order valence-electron chi connectivity index (χ1n) is 8.18. The predicted octanol–water partition coefficient (Wildman–Crippen LogP) is 4.04. The number of benzene rings is 3. The number of hydrogen-bond acceptors (Lipinski definition) is 6. The quantitative estimate of drug-likeness (QED) is 0.338. The van der Waals surface area contributed by atoms with E-state index < -0.39 is 26.3 Å². The summed E-state index contributed by atoms with van der Waals surface area (Å²) >= 11 is 0. The number of sulfone groups is 1. The van der Waals surface area contributed by atoms with Gasteiger partial charge in [-0.05, 0) is 48.5 Å². The lowest BCUT2D eigenvalue weighted by molar-refractivity contribution is -0.384. The van der Waals surface area contributed by atoms with Crippen LogP contribution in [-0.4, -0.2) is 24.9 Å². The highest BCUT2D eigenvalue weighted by atomic mass is 32.2. The number of carbonyl (C=O) groups excluding carboxylic acids is 1. The zero-order chi connectivity index (χ0) is 20.1. The van der Waals surface area contributed by atoms with Gasteiger partial charge in [-0.1, -0.05) is 18.2 Å². The van der Waals surface area contributed by atoms with E-state index in [1.165, 1.54) is 36.4 Å². The summed E-state index contributed by atoms with van der Waals surface area (Å²) in [5, 5.41) is 10.7. The van der Waals surface area contributed by atoms with E-state index in [9.17, 15) is 23.3 Å². The summed E-state index contributed by atoms with van der Waals surface area (Å²) in [4.78, 5) is 22.3. The van der Waals surface area contributed by atoms with Crippen LogP contribution in [0.15, 0.2) is 83.8 Å². The van der Waals surface area contributed by atoms with Gasteiger partial charge in [-0.15, -0.1) is 0 Å². The van der Waals surface area contributed by atoms with Crippen molar-refractivity contribution in [3.8, 4) is 11.5 Å². The molecule has 0 radical (unpaired) electrons. The molecule has 3 rings (SSSR count). The number of ketones is 1. The molecule has 3 aromatic carbocycles. The van der Waals surface area contributed by atoms with Gasteiger partial charge in [0.2, 0.25) is 0 Å². The molecule has 0 aromatic heterocycles. The van der Waals surface area contributed by atoms with Crippen molar-refractivity contribution < 1.29 is 22.9 Å². The van der Waals surface area contributed by atoms with E-state index in [2.05, 4.69) is 0 Å². The van der Waals surface area contributed by atoms with Crippen LogP contribution in [0.2, 0.25) is 0 Å². The Morgan fingerprint density at radius 3 is 2.00 bits per heavy atom. The maximum Gasteiger partial charge on any atom is 0.269 e. The molecule has 0 unspecified atom stereocenters. The Kier molecular flexibility index (Phi) is 5.51. The Bertz CT molecular complexity index is 1090. The van der Waals surface area contributed by atoms with Gasteiger partial charge in [-0.2, -0.15) is 0 Å². The molecular formula is C20H15NO6S. The first-order valence-corrected chi connectivity index (χ1v) is 9.84. The van der Waals surface area contributed by atoms with E-state index in [1.807, 2.05) is 18.2 Å². The molecular weight excluding hydrogens is 382 g/mol. The Labute approximate surface area is 161 Å². The molecule has 0 heterocycles. The van der Waals surface area contributed by atoms with Crippen LogP contribution in [0, 0.1) is 10.1 Å². The molecule has 8 heteroatoms. The van der Waals surface area contributed by atoms with Crippen molar-refractivity contribution in [3.05, 3.63) is 94.5 Å². The molecule has 3 aromatic rings. The summed E-state index contributed by atoms with van der Waals surface area (Å²) in [6, 6.07) is 19.6. The van der Waals surface area contributed by atoms with E-state index in [-0.39, 0.29) is 16.1 Å². The third kappa shape index (κ3) is 4.60. The minimum Gasteiger partial charge on any atom is -0.457 e. The molecule has 0 aliphatic rings. The number of non-ortho nitro benzene ring substituents is 1. The lowest BCUT2D eigenvalue weighted by atomic mass is 10.1. The summed E-state index contributed by atoms with van der Waals surface area (Å²) in [5.41, 5.74) is -0.0772. The van der Waals surface area contributed by atoms with Crippen molar-refractivity contribution >= 4 is 21.3 Å². The number of para-hydroxylation sites is 1. The van der Waals surface area contributed by atoms with Gasteiger partial charge in [0.15, 0.2) is 15.6 Å². The smallest absolute Gasteiger partial charge is 0.269 e. The van der Waals surface area contributed by atoms with Crippen LogP contribution in [0.4, 0.5) is 5.69 Å². The van der Waals surface area contributed by atoms with E-state index in [4.69, 9.17) is 4.74 Å². The third-order valence-electron chi connectivity index (χ3n) is 3.88. The standard InChI is InChI=1S/C20H15NO6S/c22-20(15-6-8-16(9-7-15)21(23)24)14-28(25,26)19-12-10-18(11-13-19)27-17-4-2-1-3-5-17/h1-13H,14H2. The molecule has 0 N–H and O–H groups in total. The molecule has 7 nitrogen and oxygen atoms in total. The number of rotatable bonds is 7. The van der Waals surface area contributed by atoms with Crippen LogP contribution in [0.5, 0.6) is 11.5 Å². The van der Waals surface area contributed by atoms with Crippen molar-refractivity contribution in [2.24, 2.45) is 0 Å². The van der Waals surface area contributed by atoms with Crippen molar-refractivity contribution in [1.29, 1.82) is 0 Å². The largest absolute Gasteiger partial charge is 0.457 e. The Morgan fingerprint density at radius 2 is 1.43 bits per heavy atom. The number of nitrogens with zero attached hydrogens (tertiary/aromatic N) is 1. The minimum atomic E-state index is -3.86. The van der Waals surface area contributed by atoms with Crippen LogP contribution in [0.3, 0.4) is 0 Å². The zero-order valence-corrected chi connectivity index (χ0v) is 15.3. The van der Waals surface area contributed by atoms with Crippen LogP contribution in [0.1, 0.15) is 10.4 Å². The number of ether oxygens (including phenoxy) is 1. The highest BCUT2D eigenvalue weighted by molar-refractivity contribution is 7.92. The van der Waals surface area contributed by atoms with E-state index >= 15 is 0 Å². The summed E-state index contributed by atoms with van der Waals surface area (Å²) < 4.78 is 30.6. The fourth-order valence-corrected chi connectivity index (χ4v) is 3.68. The van der Waals surface area contributed by atoms with Gasteiger partial charge in [0.1, 0.15) is 17.3 Å². The van der Waals surface area contributed by atoms with Crippen molar-refractivity contribution in [3.63, 3.8) is 0 Å². The summed E-state index contributed by atoms with van der Waals surface area (Å²) in [6.07, 6.45) is 0. The second kappa shape index (κ2) is 8.01. The average Bonchev–Trinajstić information content (AvgIpc) is 2.69. The average molecular weight is 397 g/mol. The van der Waals surface area contributed by atoms with Crippen molar-refractivity contribution in [1.82, 2.24) is 0 Å². The third-order valence-corrected chi connectivity index (χ3v) is 5.52. The molecule has 0 aliphatic carbocycles. The first-order chi connectivity index (χ1) is 13.3.